The summed E-state index contributed by atoms with van der Waals surface area (Å²) in [4.78, 5) is 17.1. The summed E-state index contributed by atoms with van der Waals surface area (Å²) in [6.45, 7) is 8.30. The molecule has 9 heteroatoms. The molecular formula is C25H25N5O2S2. The van der Waals surface area contributed by atoms with E-state index in [2.05, 4.69) is 27.1 Å². The van der Waals surface area contributed by atoms with Gasteiger partial charge < -0.3 is 10.1 Å². The number of carbonyl (C=O) groups excluding carboxylic acids is 1. The van der Waals surface area contributed by atoms with Crippen molar-refractivity contribution in [2.45, 2.75) is 31.7 Å². The Morgan fingerprint density at radius 1 is 1.24 bits per heavy atom. The molecule has 2 aromatic carbocycles. The second kappa shape index (κ2) is 11.1. The topological polar surface area (TPSA) is 81.9 Å². The first kappa shape index (κ1) is 23.7. The number of hydrogen-bond donors (Lipinski definition) is 1. The monoisotopic (exact) mass is 491 g/mol. The van der Waals surface area contributed by atoms with Crippen LogP contribution in [-0.4, -0.2) is 31.4 Å². The van der Waals surface area contributed by atoms with Gasteiger partial charge in [-0.3, -0.25) is 9.36 Å². The quantitative estimate of drug-likeness (QED) is 0.224. The van der Waals surface area contributed by atoms with Gasteiger partial charge in [0.05, 0.1) is 11.4 Å². The molecule has 0 spiro atoms. The Morgan fingerprint density at radius 2 is 2.06 bits per heavy atom. The molecule has 1 N–H and O–H groups in total. The lowest BCUT2D eigenvalue weighted by atomic mass is 10.2. The highest BCUT2D eigenvalue weighted by Gasteiger charge is 2.20. The number of amides is 1. The van der Waals surface area contributed by atoms with Crippen molar-refractivity contribution >= 4 is 34.1 Å². The van der Waals surface area contributed by atoms with E-state index in [0.29, 0.717) is 22.7 Å². The Kier molecular flexibility index (Phi) is 7.76. The first-order valence-electron chi connectivity index (χ1n) is 10.7. The Morgan fingerprint density at radius 3 is 2.82 bits per heavy atom. The number of rotatable bonds is 10. The molecule has 0 saturated carbocycles. The van der Waals surface area contributed by atoms with Gasteiger partial charge in [-0.15, -0.1) is 28.1 Å². The third-order valence-corrected chi connectivity index (χ3v) is 6.60. The standard InChI is InChI=1S/C25H25N5O2S2/c1-4-13-30-23(18(3)32-20-12-8-9-17(2)14-20)28-29-25(30)34-16-22(31)27-24-26-21(15-33-24)19-10-6-5-7-11-19/h4-12,14-15,18H,1,13,16H2,2-3H3,(H,26,27,31). The number of thioether (sulfide) groups is 1. The van der Waals surface area contributed by atoms with Gasteiger partial charge in [0.2, 0.25) is 5.91 Å². The first-order valence-corrected chi connectivity index (χ1v) is 12.6. The van der Waals surface area contributed by atoms with E-state index >= 15 is 0 Å². The van der Waals surface area contributed by atoms with Crippen LogP contribution >= 0.6 is 23.1 Å². The van der Waals surface area contributed by atoms with Crippen LogP contribution in [-0.2, 0) is 11.3 Å². The van der Waals surface area contributed by atoms with Gasteiger partial charge in [0, 0.05) is 17.5 Å². The van der Waals surface area contributed by atoms with Gasteiger partial charge in [0.1, 0.15) is 5.75 Å². The van der Waals surface area contributed by atoms with E-state index in [-0.39, 0.29) is 17.8 Å². The minimum Gasteiger partial charge on any atom is -0.483 e. The molecule has 1 atom stereocenters. The predicted molar refractivity (Wildman–Crippen MR) is 137 cm³/mol. The van der Waals surface area contributed by atoms with E-state index < -0.39 is 0 Å². The summed E-state index contributed by atoms with van der Waals surface area (Å²) in [5.74, 6) is 1.48. The number of aromatic nitrogens is 4. The summed E-state index contributed by atoms with van der Waals surface area (Å²) in [6, 6.07) is 17.7. The highest BCUT2D eigenvalue weighted by Crippen LogP contribution is 2.27. The lowest BCUT2D eigenvalue weighted by molar-refractivity contribution is -0.113. The SMILES string of the molecule is C=CCn1c(SCC(=O)Nc2nc(-c3ccccc3)cs2)nnc1C(C)Oc1cccc(C)c1. The number of carbonyl (C=O) groups is 1. The second-order valence-electron chi connectivity index (χ2n) is 7.56. The van der Waals surface area contributed by atoms with E-state index in [1.165, 1.54) is 23.1 Å². The van der Waals surface area contributed by atoms with Gasteiger partial charge >= 0.3 is 0 Å². The highest BCUT2D eigenvalue weighted by atomic mass is 32.2. The van der Waals surface area contributed by atoms with Crippen LogP contribution in [0, 0.1) is 6.92 Å². The molecule has 7 nitrogen and oxygen atoms in total. The van der Waals surface area contributed by atoms with Crippen molar-refractivity contribution in [2.24, 2.45) is 0 Å². The van der Waals surface area contributed by atoms with Crippen molar-refractivity contribution in [3.63, 3.8) is 0 Å². The Balaban J connectivity index is 1.39. The lowest BCUT2D eigenvalue weighted by Crippen LogP contribution is -2.15. The van der Waals surface area contributed by atoms with Gasteiger partial charge in [0.15, 0.2) is 22.2 Å². The molecule has 34 heavy (non-hydrogen) atoms. The van der Waals surface area contributed by atoms with Crippen LogP contribution in [0.4, 0.5) is 5.13 Å². The van der Waals surface area contributed by atoms with Crippen molar-refractivity contribution in [1.82, 2.24) is 19.7 Å². The van der Waals surface area contributed by atoms with E-state index in [0.717, 1.165) is 22.6 Å². The molecule has 0 radical (unpaired) electrons. The molecule has 0 fully saturated rings. The lowest BCUT2D eigenvalue weighted by Gasteiger charge is -2.16. The van der Waals surface area contributed by atoms with Gasteiger partial charge in [0.25, 0.3) is 0 Å². The number of anilines is 1. The zero-order valence-electron chi connectivity index (χ0n) is 19.0. The van der Waals surface area contributed by atoms with E-state index in [1.807, 2.05) is 78.4 Å². The minimum absolute atomic E-state index is 0.155. The molecule has 2 aromatic heterocycles. The maximum atomic E-state index is 12.5. The summed E-state index contributed by atoms with van der Waals surface area (Å²) in [7, 11) is 0. The van der Waals surface area contributed by atoms with Gasteiger partial charge in [-0.1, -0.05) is 60.3 Å². The summed E-state index contributed by atoms with van der Waals surface area (Å²) in [6.07, 6.45) is 1.46. The third-order valence-electron chi connectivity index (χ3n) is 4.88. The first-order chi connectivity index (χ1) is 16.5. The molecule has 0 saturated heterocycles. The number of nitrogens with zero attached hydrogens (tertiary/aromatic N) is 4. The summed E-state index contributed by atoms with van der Waals surface area (Å²) in [5, 5.41) is 14.6. The molecule has 174 valence electrons. The number of benzene rings is 2. The summed E-state index contributed by atoms with van der Waals surface area (Å²) < 4.78 is 7.99. The van der Waals surface area contributed by atoms with Crippen LogP contribution < -0.4 is 10.1 Å². The predicted octanol–water partition coefficient (Wildman–Crippen LogP) is 5.77. The molecule has 0 aliphatic heterocycles. The van der Waals surface area contributed by atoms with Crippen LogP contribution in [0.3, 0.4) is 0 Å². The van der Waals surface area contributed by atoms with Crippen molar-refractivity contribution in [2.75, 3.05) is 11.1 Å². The van der Waals surface area contributed by atoms with Crippen molar-refractivity contribution < 1.29 is 9.53 Å². The Bertz CT molecular complexity index is 1270. The fourth-order valence-corrected chi connectivity index (χ4v) is 4.80. The number of allylic oxidation sites excluding steroid dienone is 1. The zero-order valence-corrected chi connectivity index (χ0v) is 20.6. The minimum atomic E-state index is -0.316. The normalized spacial score (nSPS) is 11.7. The molecule has 4 aromatic rings. The molecule has 1 amide bonds. The van der Waals surface area contributed by atoms with Crippen LogP contribution in [0.5, 0.6) is 5.75 Å². The third kappa shape index (κ3) is 5.92. The van der Waals surface area contributed by atoms with Crippen molar-refractivity contribution in [3.05, 3.63) is 84.0 Å². The average Bonchev–Trinajstić information content (AvgIpc) is 3.46. The van der Waals surface area contributed by atoms with Crippen molar-refractivity contribution in [1.29, 1.82) is 0 Å². The smallest absolute Gasteiger partial charge is 0.236 e. The number of hydrogen-bond acceptors (Lipinski definition) is 7. The van der Waals surface area contributed by atoms with Crippen LogP contribution in [0.1, 0.15) is 24.4 Å². The molecule has 0 aliphatic rings. The fraction of sp³-hybridized carbons (Fsp3) is 0.200. The van der Waals surface area contributed by atoms with Crippen LogP contribution in [0.2, 0.25) is 0 Å². The number of thiazole rings is 1. The Labute approximate surface area is 206 Å². The molecule has 0 bridgehead atoms. The average molecular weight is 492 g/mol. The molecule has 0 aliphatic carbocycles. The zero-order chi connectivity index (χ0) is 23.9. The highest BCUT2D eigenvalue weighted by molar-refractivity contribution is 7.99. The Hall–Kier alpha value is -3.43. The summed E-state index contributed by atoms with van der Waals surface area (Å²) in [5.41, 5.74) is 2.97. The number of nitrogens with one attached hydrogen (secondary N) is 1. The van der Waals surface area contributed by atoms with E-state index in [9.17, 15) is 4.79 Å². The van der Waals surface area contributed by atoms with Gasteiger partial charge in [-0.2, -0.15) is 0 Å². The van der Waals surface area contributed by atoms with Crippen LogP contribution in [0.15, 0.2) is 77.8 Å². The maximum absolute atomic E-state index is 12.5. The second-order valence-corrected chi connectivity index (χ2v) is 9.36. The fourth-order valence-electron chi connectivity index (χ4n) is 3.31. The van der Waals surface area contributed by atoms with Gasteiger partial charge in [-0.05, 0) is 31.5 Å². The van der Waals surface area contributed by atoms with Crippen molar-refractivity contribution in [3.8, 4) is 17.0 Å². The van der Waals surface area contributed by atoms with Crippen LogP contribution in [0.25, 0.3) is 11.3 Å². The number of aryl methyl sites for hydroxylation is 1. The largest absolute Gasteiger partial charge is 0.483 e. The molecular weight excluding hydrogens is 466 g/mol. The summed E-state index contributed by atoms with van der Waals surface area (Å²) >= 11 is 2.72. The molecule has 2 heterocycles. The van der Waals surface area contributed by atoms with E-state index in [1.54, 1.807) is 6.08 Å². The molecule has 4 rings (SSSR count). The van der Waals surface area contributed by atoms with Gasteiger partial charge in [-0.25, -0.2) is 4.98 Å². The van der Waals surface area contributed by atoms with E-state index in [4.69, 9.17) is 4.74 Å². The molecule has 1 unspecified atom stereocenters. The maximum Gasteiger partial charge on any atom is 0.236 e. The number of ether oxygens (including phenoxy) is 1.